The van der Waals surface area contributed by atoms with Gasteiger partial charge in [0.15, 0.2) is 0 Å². The summed E-state index contributed by atoms with van der Waals surface area (Å²) in [7, 11) is 0. The highest BCUT2D eigenvalue weighted by Gasteiger charge is 2.37. The van der Waals surface area contributed by atoms with Crippen LogP contribution in [0.15, 0.2) is 11.1 Å². The minimum Gasteiger partial charge on any atom is -0.374 e. The van der Waals surface area contributed by atoms with Gasteiger partial charge in [-0.1, -0.05) is 11.1 Å². The maximum atomic E-state index is 6.13. The first-order valence-corrected chi connectivity index (χ1v) is 7.66. The van der Waals surface area contributed by atoms with E-state index in [4.69, 9.17) is 4.74 Å². The molecule has 16 heavy (non-hydrogen) atoms. The third-order valence-electron chi connectivity index (χ3n) is 4.19. The Hall–Kier alpha value is 0.01000. The topological polar surface area (TPSA) is 21.3 Å². The summed E-state index contributed by atoms with van der Waals surface area (Å²) < 4.78 is 6.13. The van der Waals surface area contributed by atoms with Crippen LogP contribution in [-0.4, -0.2) is 36.8 Å². The summed E-state index contributed by atoms with van der Waals surface area (Å²) >= 11 is 2.09. The van der Waals surface area contributed by atoms with Crippen molar-refractivity contribution in [3.8, 4) is 0 Å². The third kappa shape index (κ3) is 2.18. The highest BCUT2D eigenvalue weighted by molar-refractivity contribution is 7.99. The Morgan fingerprint density at radius 2 is 2.00 bits per heavy atom. The normalized spacial score (nSPS) is 34.5. The minimum absolute atomic E-state index is 0.231. The zero-order valence-corrected chi connectivity index (χ0v) is 10.7. The van der Waals surface area contributed by atoms with E-state index in [1.54, 1.807) is 11.1 Å². The molecule has 3 aliphatic rings. The van der Waals surface area contributed by atoms with Gasteiger partial charge in [-0.25, -0.2) is 0 Å². The Balaban J connectivity index is 1.75. The van der Waals surface area contributed by atoms with Crippen LogP contribution in [0.1, 0.15) is 32.1 Å². The first kappa shape index (κ1) is 11.1. The van der Waals surface area contributed by atoms with Crippen LogP contribution in [-0.2, 0) is 4.74 Å². The Morgan fingerprint density at radius 1 is 1.12 bits per heavy atom. The van der Waals surface area contributed by atoms with Gasteiger partial charge in [-0.2, -0.15) is 11.8 Å². The molecule has 3 heteroatoms. The molecule has 0 atom stereocenters. The van der Waals surface area contributed by atoms with Gasteiger partial charge in [-0.15, -0.1) is 0 Å². The van der Waals surface area contributed by atoms with Gasteiger partial charge in [0.2, 0.25) is 0 Å². The lowest BCUT2D eigenvalue weighted by molar-refractivity contribution is -0.0668. The molecule has 1 N–H and O–H groups in total. The van der Waals surface area contributed by atoms with Crippen LogP contribution in [0.25, 0.3) is 0 Å². The number of thioether (sulfide) groups is 1. The average Bonchev–Trinajstić information content (AvgIpc) is 2.83. The highest BCUT2D eigenvalue weighted by atomic mass is 32.2. The van der Waals surface area contributed by atoms with Crippen LogP contribution in [0.5, 0.6) is 0 Å². The molecular formula is C13H21NOS. The first-order chi connectivity index (χ1) is 7.88. The van der Waals surface area contributed by atoms with Crippen LogP contribution >= 0.6 is 11.8 Å². The van der Waals surface area contributed by atoms with Crippen molar-refractivity contribution in [2.75, 3.05) is 31.2 Å². The van der Waals surface area contributed by atoms with Crippen molar-refractivity contribution < 1.29 is 4.74 Å². The molecule has 0 aliphatic carbocycles. The van der Waals surface area contributed by atoms with Crippen molar-refractivity contribution in [2.45, 2.75) is 37.7 Å². The van der Waals surface area contributed by atoms with Crippen LogP contribution in [0.3, 0.4) is 0 Å². The van der Waals surface area contributed by atoms with Crippen molar-refractivity contribution in [1.29, 1.82) is 0 Å². The van der Waals surface area contributed by atoms with Gasteiger partial charge < -0.3 is 10.1 Å². The number of ether oxygens (including phenoxy) is 1. The van der Waals surface area contributed by atoms with Crippen LogP contribution in [0, 0.1) is 0 Å². The molecule has 3 saturated heterocycles. The number of hydrogen-bond donors (Lipinski definition) is 1. The predicted octanol–water partition coefficient (Wildman–Crippen LogP) is 2.35. The van der Waals surface area contributed by atoms with Crippen molar-refractivity contribution in [3.05, 3.63) is 11.1 Å². The molecule has 0 aromatic carbocycles. The molecule has 0 radical (unpaired) electrons. The Kier molecular flexibility index (Phi) is 3.27. The van der Waals surface area contributed by atoms with E-state index in [1.807, 2.05) is 0 Å². The van der Waals surface area contributed by atoms with Gasteiger partial charge in [0.1, 0.15) is 0 Å². The van der Waals surface area contributed by atoms with Crippen LogP contribution in [0.2, 0.25) is 0 Å². The second kappa shape index (κ2) is 4.71. The smallest absolute Gasteiger partial charge is 0.0735 e. The highest BCUT2D eigenvalue weighted by Crippen LogP contribution is 2.40. The van der Waals surface area contributed by atoms with Gasteiger partial charge in [-0.05, 0) is 50.2 Å². The van der Waals surface area contributed by atoms with E-state index >= 15 is 0 Å². The fourth-order valence-electron chi connectivity index (χ4n) is 3.15. The number of nitrogens with one attached hydrogen (secondary N) is 1. The average molecular weight is 239 g/mol. The number of hydrogen-bond acceptors (Lipinski definition) is 3. The molecule has 90 valence electrons. The quantitative estimate of drug-likeness (QED) is 0.656. The monoisotopic (exact) mass is 239 g/mol. The van der Waals surface area contributed by atoms with E-state index in [0.29, 0.717) is 0 Å². The third-order valence-corrected chi connectivity index (χ3v) is 5.18. The zero-order valence-electron chi connectivity index (χ0n) is 9.89. The largest absolute Gasteiger partial charge is 0.374 e. The summed E-state index contributed by atoms with van der Waals surface area (Å²) in [6, 6.07) is 0. The molecule has 0 unspecified atom stereocenters. The van der Waals surface area contributed by atoms with Gasteiger partial charge in [0, 0.05) is 6.54 Å². The molecule has 1 spiro atoms. The van der Waals surface area contributed by atoms with Crippen LogP contribution in [0.4, 0.5) is 0 Å². The molecular weight excluding hydrogens is 218 g/mol. The molecule has 0 aromatic heterocycles. The minimum atomic E-state index is 0.231. The van der Waals surface area contributed by atoms with Gasteiger partial charge in [0.25, 0.3) is 0 Å². The van der Waals surface area contributed by atoms with E-state index in [1.165, 1.54) is 50.2 Å². The van der Waals surface area contributed by atoms with Crippen molar-refractivity contribution in [1.82, 2.24) is 5.32 Å². The summed E-state index contributed by atoms with van der Waals surface area (Å²) in [5.74, 6) is 2.59. The predicted molar refractivity (Wildman–Crippen MR) is 69.0 cm³/mol. The second-order valence-corrected chi connectivity index (χ2v) is 6.43. The Morgan fingerprint density at radius 3 is 2.75 bits per heavy atom. The molecule has 0 bridgehead atoms. The van der Waals surface area contributed by atoms with Crippen molar-refractivity contribution >= 4 is 11.8 Å². The van der Waals surface area contributed by atoms with E-state index in [2.05, 4.69) is 17.1 Å². The zero-order chi connectivity index (χ0) is 10.8. The lowest BCUT2D eigenvalue weighted by atomic mass is 9.83. The molecule has 0 amide bonds. The molecule has 0 aromatic rings. The molecule has 0 saturated carbocycles. The standard InChI is InChI=1S/C13H21NOS/c1-5-14-10-12(1)11-2-6-15-13(9-11)3-7-16-8-4-13/h14H,1-10H2. The van der Waals surface area contributed by atoms with E-state index in [0.717, 1.165) is 13.2 Å². The van der Waals surface area contributed by atoms with E-state index in [-0.39, 0.29) is 5.60 Å². The fourth-order valence-corrected chi connectivity index (χ4v) is 4.39. The van der Waals surface area contributed by atoms with Crippen molar-refractivity contribution in [3.63, 3.8) is 0 Å². The fraction of sp³-hybridized carbons (Fsp3) is 0.846. The Labute approximate surface area is 102 Å². The SMILES string of the molecule is C1CC(=C2CCOC3(CCSCC3)C2)CN1. The second-order valence-electron chi connectivity index (χ2n) is 5.20. The summed E-state index contributed by atoms with van der Waals surface area (Å²) in [6.07, 6.45) is 6.22. The summed E-state index contributed by atoms with van der Waals surface area (Å²) in [6.45, 7) is 3.28. The summed E-state index contributed by atoms with van der Waals surface area (Å²) in [4.78, 5) is 0. The molecule has 3 aliphatic heterocycles. The molecule has 3 rings (SSSR count). The van der Waals surface area contributed by atoms with Crippen LogP contribution < -0.4 is 5.32 Å². The maximum absolute atomic E-state index is 6.13. The van der Waals surface area contributed by atoms with E-state index < -0.39 is 0 Å². The van der Waals surface area contributed by atoms with Gasteiger partial charge in [-0.3, -0.25) is 0 Å². The lowest BCUT2D eigenvalue weighted by Crippen LogP contribution is -2.40. The summed E-state index contributed by atoms with van der Waals surface area (Å²) in [5.41, 5.74) is 3.65. The number of rotatable bonds is 0. The van der Waals surface area contributed by atoms with Crippen molar-refractivity contribution in [2.24, 2.45) is 0 Å². The molecule has 2 nitrogen and oxygen atoms in total. The van der Waals surface area contributed by atoms with Gasteiger partial charge in [0.05, 0.1) is 12.2 Å². The lowest BCUT2D eigenvalue weighted by Gasteiger charge is -2.41. The van der Waals surface area contributed by atoms with E-state index in [9.17, 15) is 0 Å². The Bertz CT molecular complexity index is 281. The molecule has 3 heterocycles. The first-order valence-electron chi connectivity index (χ1n) is 6.50. The van der Waals surface area contributed by atoms with Gasteiger partial charge >= 0.3 is 0 Å². The molecule has 3 fully saturated rings. The summed E-state index contributed by atoms with van der Waals surface area (Å²) in [5, 5.41) is 3.46. The maximum Gasteiger partial charge on any atom is 0.0735 e.